The predicted octanol–water partition coefficient (Wildman–Crippen LogP) is 4.27. The molecule has 0 saturated carbocycles. The molecule has 0 aliphatic carbocycles. The van der Waals surface area contributed by atoms with Gasteiger partial charge in [0.2, 0.25) is 5.88 Å². The molecule has 34 heavy (non-hydrogen) atoms. The van der Waals surface area contributed by atoms with Gasteiger partial charge in [-0.05, 0) is 40.5 Å². The number of anilines is 2. The van der Waals surface area contributed by atoms with E-state index in [-0.39, 0.29) is 12.0 Å². The summed E-state index contributed by atoms with van der Waals surface area (Å²) in [5.41, 5.74) is 3.53. The Balaban J connectivity index is 1.52. The first-order chi connectivity index (χ1) is 16.3. The van der Waals surface area contributed by atoms with Crippen molar-refractivity contribution in [2.75, 3.05) is 18.4 Å². The van der Waals surface area contributed by atoms with E-state index in [2.05, 4.69) is 25.8 Å². The minimum Gasteiger partial charge on any atom is -0.444 e. The molecule has 1 aliphatic rings. The van der Waals surface area contributed by atoms with Crippen molar-refractivity contribution in [3.8, 4) is 11.1 Å². The summed E-state index contributed by atoms with van der Waals surface area (Å²) in [7, 11) is 0. The Kier molecular flexibility index (Phi) is 5.46. The largest absolute Gasteiger partial charge is 0.444 e. The van der Waals surface area contributed by atoms with E-state index in [0.29, 0.717) is 30.4 Å². The molecule has 5 heterocycles. The summed E-state index contributed by atoms with van der Waals surface area (Å²) in [5.74, 6) is 1.26. The smallest absolute Gasteiger partial charge is 0.410 e. The summed E-state index contributed by atoms with van der Waals surface area (Å²) in [6, 6.07) is 3.78. The van der Waals surface area contributed by atoms with Gasteiger partial charge in [0.15, 0.2) is 5.65 Å². The van der Waals surface area contributed by atoms with Crippen molar-refractivity contribution >= 4 is 23.4 Å². The molecule has 178 valence electrons. The normalized spacial score (nSPS) is 16.7. The SMILES string of the molecule is Cc1cc(Nc2cc(C3CCCN(C(=O)OC(C)(C)C)C3)nc3c(-c4cn[nH]c4)cnn23)on1. The molecular weight excluding hydrogens is 436 g/mol. The van der Waals surface area contributed by atoms with Crippen molar-refractivity contribution in [2.24, 2.45) is 0 Å². The monoisotopic (exact) mass is 464 g/mol. The number of aryl methyl sites for hydroxylation is 1. The molecule has 1 aliphatic heterocycles. The number of H-pyrrole nitrogens is 1. The van der Waals surface area contributed by atoms with Crippen LogP contribution in [0.3, 0.4) is 0 Å². The van der Waals surface area contributed by atoms with Crippen LogP contribution in [0.15, 0.2) is 35.2 Å². The minimum absolute atomic E-state index is 0.0513. The van der Waals surface area contributed by atoms with Crippen LogP contribution < -0.4 is 5.32 Å². The van der Waals surface area contributed by atoms with Crippen LogP contribution in [0.25, 0.3) is 16.8 Å². The fourth-order valence-electron chi connectivity index (χ4n) is 4.14. The standard InChI is InChI=1S/C23H28N8O3/c1-14-8-20(34-29-14)28-19-9-18(15-6-5-7-30(13-15)22(32)33-23(2,3)4)27-21-17(12-26-31(19)21)16-10-24-25-11-16/h8-12,15,28H,5-7,13H2,1-4H3,(H,24,25). The highest BCUT2D eigenvalue weighted by Gasteiger charge is 2.30. The fourth-order valence-corrected chi connectivity index (χ4v) is 4.14. The topological polar surface area (TPSA) is 126 Å². The predicted molar refractivity (Wildman–Crippen MR) is 125 cm³/mol. The molecule has 11 heteroatoms. The van der Waals surface area contributed by atoms with Crippen LogP contribution in [0.2, 0.25) is 0 Å². The molecule has 1 fully saturated rings. The molecule has 0 radical (unpaired) electrons. The van der Waals surface area contributed by atoms with Crippen LogP contribution >= 0.6 is 0 Å². The van der Waals surface area contributed by atoms with E-state index in [0.717, 1.165) is 35.4 Å². The zero-order valence-electron chi connectivity index (χ0n) is 19.7. The number of hydrogen-bond acceptors (Lipinski definition) is 8. The highest BCUT2D eigenvalue weighted by Crippen LogP contribution is 2.32. The average molecular weight is 465 g/mol. The Bertz CT molecular complexity index is 1300. The number of rotatable bonds is 4. The summed E-state index contributed by atoms with van der Waals surface area (Å²) in [4.78, 5) is 19.5. The van der Waals surface area contributed by atoms with E-state index in [1.54, 1.807) is 21.8 Å². The van der Waals surface area contributed by atoms with Crippen molar-refractivity contribution in [3.63, 3.8) is 0 Å². The Morgan fingerprint density at radius 1 is 1.29 bits per heavy atom. The number of hydrogen-bond donors (Lipinski definition) is 2. The zero-order valence-corrected chi connectivity index (χ0v) is 19.7. The van der Waals surface area contributed by atoms with Gasteiger partial charge in [-0.2, -0.15) is 14.7 Å². The van der Waals surface area contributed by atoms with E-state index < -0.39 is 5.60 Å². The number of ether oxygens (including phenoxy) is 1. The molecule has 5 rings (SSSR count). The average Bonchev–Trinajstić information content (AvgIpc) is 3.53. The molecule has 2 N–H and O–H groups in total. The molecular formula is C23H28N8O3. The number of aromatic nitrogens is 6. The lowest BCUT2D eigenvalue weighted by atomic mass is 9.94. The van der Waals surface area contributed by atoms with Gasteiger partial charge in [0.1, 0.15) is 11.4 Å². The molecule has 0 spiro atoms. The molecule has 4 aromatic heterocycles. The van der Waals surface area contributed by atoms with E-state index in [1.165, 1.54) is 0 Å². The molecule has 0 bridgehead atoms. The van der Waals surface area contributed by atoms with E-state index in [9.17, 15) is 4.79 Å². The first-order valence-electron chi connectivity index (χ1n) is 11.3. The van der Waals surface area contributed by atoms with Crippen LogP contribution in [0.4, 0.5) is 16.5 Å². The molecule has 1 unspecified atom stereocenters. The van der Waals surface area contributed by atoms with Crippen LogP contribution in [-0.4, -0.2) is 59.6 Å². The molecule has 1 amide bonds. The van der Waals surface area contributed by atoms with Gasteiger partial charge in [-0.15, -0.1) is 0 Å². The second-order valence-electron chi connectivity index (χ2n) is 9.57. The van der Waals surface area contributed by atoms with Crippen molar-refractivity contribution in [1.82, 2.24) is 34.9 Å². The van der Waals surface area contributed by atoms with Gasteiger partial charge in [0, 0.05) is 48.5 Å². The van der Waals surface area contributed by atoms with Crippen LogP contribution in [-0.2, 0) is 4.74 Å². The molecule has 4 aromatic rings. The van der Waals surface area contributed by atoms with E-state index in [1.807, 2.05) is 46.0 Å². The molecule has 1 atom stereocenters. The van der Waals surface area contributed by atoms with Gasteiger partial charge >= 0.3 is 6.09 Å². The summed E-state index contributed by atoms with van der Waals surface area (Å²) in [6.07, 6.45) is 6.80. The number of fused-ring (bicyclic) bond motifs is 1. The van der Waals surface area contributed by atoms with Gasteiger partial charge in [-0.25, -0.2) is 9.78 Å². The number of aromatic amines is 1. The first-order valence-corrected chi connectivity index (χ1v) is 11.3. The Morgan fingerprint density at radius 3 is 2.85 bits per heavy atom. The maximum Gasteiger partial charge on any atom is 0.410 e. The minimum atomic E-state index is -0.537. The highest BCUT2D eigenvalue weighted by molar-refractivity contribution is 5.78. The molecule has 1 saturated heterocycles. The van der Waals surface area contributed by atoms with Crippen molar-refractivity contribution in [1.29, 1.82) is 0 Å². The maximum absolute atomic E-state index is 12.7. The van der Waals surface area contributed by atoms with Gasteiger partial charge in [0.25, 0.3) is 0 Å². The van der Waals surface area contributed by atoms with Crippen molar-refractivity contribution in [3.05, 3.63) is 42.1 Å². The number of likely N-dealkylation sites (tertiary alicyclic amines) is 1. The van der Waals surface area contributed by atoms with Crippen LogP contribution in [0.1, 0.15) is 50.9 Å². The number of carbonyl (C=O) groups is 1. The summed E-state index contributed by atoms with van der Waals surface area (Å²) >= 11 is 0. The molecule has 11 nitrogen and oxygen atoms in total. The number of piperidine rings is 1. The van der Waals surface area contributed by atoms with Crippen LogP contribution in [0, 0.1) is 6.92 Å². The maximum atomic E-state index is 12.7. The number of nitrogens with one attached hydrogen (secondary N) is 2. The van der Waals surface area contributed by atoms with Gasteiger partial charge in [-0.1, -0.05) is 5.16 Å². The second kappa shape index (κ2) is 8.47. The summed E-state index contributed by atoms with van der Waals surface area (Å²) < 4.78 is 12.7. The number of carbonyl (C=O) groups excluding carboxylic acids is 1. The van der Waals surface area contributed by atoms with E-state index in [4.69, 9.17) is 14.2 Å². The first kappa shape index (κ1) is 21.9. The quantitative estimate of drug-likeness (QED) is 0.458. The molecule has 0 aromatic carbocycles. The Hall–Kier alpha value is -3.89. The number of nitrogens with zero attached hydrogens (tertiary/aromatic N) is 6. The van der Waals surface area contributed by atoms with Crippen molar-refractivity contribution < 1.29 is 14.1 Å². The summed E-state index contributed by atoms with van der Waals surface area (Å²) in [5, 5.41) is 18.7. The Morgan fingerprint density at radius 2 is 2.15 bits per heavy atom. The third kappa shape index (κ3) is 4.45. The van der Waals surface area contributed by atoms with Gasteiger partial charge < -0.3 is 19.5 Å². The third-order valence-electron chi connectivity index (χ3n) is 5.67. The third-order valence-corrected chi connectivity index (χ3v) is 5.67. The lowest BCUT2D eigenvalue weighted by Gasteiger charge is -2.34. The Labute approximate surface area is 196 Å². The fraction of sp³-hybridized carbons (Fsp3) is 0.435. The van der Waals surface area contributed by atoms with Gasteiger partial charge in [-0.3, -0.25) is 5.10 Å². The van der Waals surface area contributed by atoms with Crippen molar-refractivity contribution in [2.45, 2.75) is 52.1 Å². The summed E-state index contributed by atoms with van der Waals surface area (Å²) in [6.45, 7) is 8.70. The lowest BCUT2D eigenvalue weighted by Crippen LogP contribution is -2.42. The number of amides is 1. The second-order valence-corrected chi connectivity index (χ2v) is 9.57. The zero-order chi connectivity index (χ0) is 23.9. The van der Waals surface area contributed by atoms with Crippen LogP contribution in [0.5, 0.6) is 0 Å². The lowest BCUT2D eigenvalue weighted by molar-refractivity contribution is 0.0197. The highest BCUT2D eigenvalue weighted by atomic mass is 16.6. The van der Waals surface area contributed by atoms with E-state index >= 15 is 0 Å². The van der Waals surface area contributed by atoms with Gasteiger partial charge in [0.05, 0.1) is 23.8 Å².